The van der Waals surface area contributed by atoms with Crippen molar-refractivity contribution in [2.75, 3.05) is 13.7 Å². The van der Waals surface area contributed by atoms with Gasteiger partial charge in [-0.25, -0.2) is 0 Å². The lowest BCUT2D eigenvalue weighted by molar-refractivity contribution is 0.0875. The second kappa shape index (κ2) is 4.88. The van der Waals surface area contributed by atoms with E-state index in [4.69, 9.17) is 9.47 Å². The van der Waals surface area contributed by atoms with E-state index < -0.39 is 0 Å². The average Bonchev–Trinajstić information content (AvgIpc) is 2.75. The number of ether oxygens (including phenoxy) is 2. The minimum Gasteiger partial charge on any atom is -0.496 e. The number of rotatable bonds is 3. The standard InChI is InChI=1S/C14H18O3/c1-9-4-5-13(16-3)12(6-9)14(15)11-7-10(2)17-8-11/h4-6,10-11H,7-8H2,1-3H3. The van der Waals surface area contributed by atoms with Crippen molar-refractivity contribution in [2.24, 2.45) is 5.92 Å². The Balaban J connectivity index is 2.26. The van der Waals surface area contributed by atoms with Crippen LogP contribution in [0.1, 0.15) is 29.3 Å². The molecule has 17 heavy (non-hydrogen) atoms. The number of methoxy groups -OCH3 is 1. The van der Waals surface area contributed by atoms with Gasteiger partial charge in [0.15, 0.2) is 5.78 Å². The predicted octanol–water partition coefficient (Wildman–Crippen LogP) is 2.61. The van der Waals surface area contributed by atoms with Gasteiger partial charge in [-0.2, -0.15) is 0 Å². The highest BCUT2D eigenvalue weighted by atomic mass is 16.5. The normalized spacial score (nSPS) is 23.7. The molecule has 0 spiro atoms. The van der Waals surface area contributed by atoms with Crippen LogP contribution < -0.4 is 4.74 Å². The molecule has 2 atom stereocenters. The Morgan fingerprint density at radius 1 is 1.47 bits per heavy atom. The Morgan fingerprint density at radius 3 is 2.82 bits per heavy atom. The first-order chi connectivity index (χ1) is 8.11. The van der Waals surface area contributed by atoms with Crippen molar-refractivity contribution >= 4 is 5.78 Å². The number of benzene rings is 1. The Kier molecular flexibility index (Phi) is 3.48. The third kappa shape index (κ3) is 2.50. The first-order valence-electron chi connectivity index (χ1n) is 5.92. The number of hydrogen-bond donors (Lipinski definition) is 0. The molecule has 0 amide bonds. The minimum atomic E-state index is -0.0271. The third-order valence-corrected chi connectivity index (χ3v) is 3.19. The quantitative estimate of drug-likeness (QED) is 0.754. The molecule has 0 radical (unpaired) electrons. The molecular formula is C14H18O3. The van der Waals surface area contributed by atoms with Crippen LogP contribution in [0.2, 0.25) is 0 Å². The molecule has 3 nitrogen and oxygen atoms in total. The van der Waals surface area contributed by atoms with Crippen molar-refractivity contribution in [3.8, 4) is 5.75 Å². The lowest BCUT2D eigenvalue weighted by Crippen LogP contribution is -2.16. The van der Waals surface area contributed by atoms with E-state index in [1.807, 2.05) is 32.0 Å². The van der Waals surface area contributed by atoms with Gasteiger partial charge >= 0.3 is 0 Å². The number of carbonyl (C=O) groups excluding carboxylic acids is 1. The van der Waals surface area contributed by atoms with E-state index in [1.54, 1.807) is 7.11 Å². The van der Waals surface area contributed by atoms with Crippen molar-refractivity contribution in [1.82, 2.24) is 0 Å². The fraction of sp³-hybridized carbons (Fsp3) is 0.500. The molecule has 0 aromatic heterocycles. The number of ketones is 1. The van der Waals surface area contributed by atoms with Gasteiger partial charge in [-0.3, -0.25) is 4.79 Å². The Bertz CT molecular complexity index is 425. The first-order valence-corrected chi connectivity index (χ1v) is 5.92. The molecule has 1 heterocycles. The molecule has 0 aliphatic carbocycles. The molecule has 1 fully saturated rings. The molecule has 0 N–H and O–H groups in total. The minimum absolute atomic E-state index is 0.0271. The lowest BCUT2D eigenvalue weighted by atomic mass is 9.94. The van der Waals surface area contributed by atoms with Crippen LogP contribution in [0.3, 0.4) is 0 Å². The molecule has 1 aromatic rings. The molecule has 3 heteroatoms. The van der Waals surface area contributed by atoms with Crippen molar-refractivity contribution in [3.63, 3.8) is 0 Å². The summed E-state index contributed by atoms with van der Waals surface area (Å²) in [5.41, 5.74) is 1.75. The van der Waals surface area contributed by atoms with Gasteiger partial charge in [-0.1, -0.05) is 11.6 Å². The summed E-state index contributed by atoms with van der Waals surface area (Å²) in [5, 5.41) is 0. The van der Waals surface area contributed by atoms with Crippen molar-refractivity contribution in [2.45, 2.75) is 26.4 Å². The number of carbonyl (C=O) groups is 1. The number of aryl methyl sites for hydroxylation is 1. The fourth-order valence-electron chi connectivity index (χ4n) is 2.23. The largest absolute Gasteiger partial charge is 0.496 e. The molecule has 2 rings (SSSR count). The van der Waals surface area contributed by atoms with Gasteiger partial charge in [-0.15, -0.1) is 0 Å². The molecule has 1 aromatic carbocycles. The van der Waals surface area contributed by atoms with Gasteiger partial charge in [0.05, 0.1) is 25.4 Å². The second-order valence-electron chi connectivity index (χ2n) is 4.64. The lowest BCUT2D eigenvalue weighted by Gasteiger charge is -2.11. The highest BCUT2D eigenvalue weighted by Gasteiger charge is 2.30. The molecule has 0 saturated carbocycles. The zero-order valence-corrected chi connectivity index (χ0v) is 10.5. The summed E-state index contributed by atoms with van der Waals surface area (Å²) in [5.74, 6) is 0.760. The summed E-state index contributed by atoms with van der Waals surface area (Å²) in [6, 6.07) is 5.69. The highest BCUT2D eigenvalue weighted by molar-refractivity contribution is 6.00. The van der Waals surface area contributed by atoms with E-state index in [0.717, 1.165) is 12.0 Å². The Hall–Kier alpha value is -1.35. The maximum Gasteiger partial charge on any atom is 0.172 e. The first kappa shape index (κ1) is 12.1. The summed E-state index contributed by atoms with van der Waals surface area (Å²) >= 11 is 0. The molecule has 2 unspecified atom stereocenters. The van der Waals surface area contributed by atoms with Crippen molar-refractivity contribution in [1.29, 1.82) is 0 Å². The third-order valence-electron chi connectivity index (χ3n) is 3.19. The van der Waals surface area contributed by atoms with Crippen LogP contribution in [0.15, 0.2) is 18.2 Å². The van der Waals surface area contributed by atoms with Gasteiger partial charge < -0.3 is 9.47 Å². The highest BCUT2D eigenvalue weighted by Crippen LogP contribution is 2.28. The van der Waals surface area contributed by atoms with Gasteiger partial charge in [0, 0.05) is 5.92 Å². The van der Waals surface area contributed by atoms with Crippen LogP contribution in [-0.2, 0) is 4.74 Å². The van der Waals surface area contributed by atoms with E-state index in [1.165, 1.54) is 0 Å². The summed E-state index contributed by atoms with van der Waals surface area (Å²) in [7, 11) is 1.59. The summed E-state index contributed by atoms with van der Waals surface area (Å²) in [6.45, 7) is 4.50. The van der Waals surface area contributed by atoms with Gasteiger partial charge in [0.1, 0.15) is 5.75 Å². The van der Waals surface area contributed by atoms with Crippen molar-refractivity contribution < 1.29 is 14.3 Å². The molecule has 1 aliphatic heterocycles. The smallest absolute Gasteiger partial charge is 0.172 e. The topological polar surface area (TPSA) is 35.5 Å². The van der Waals surface area contributed by atoms with Gasteiger partial charge in [0.2, 0.25) is 0 Å². The zero-order valence-electron chi connectivity index (χ0n) is 10.5. The zero-order chi connectivity index (χ0) is 12.4. The summed E-state index contributed by atoms with van der Waals surface area (Å²) < 4.78 is 10.7. The van der Waals surface area contributed by atoms with Crippen LogP contribution in [0.25, 0.3) is 0 Å². The maximum absolute atomic E-state index is 12.4. The molecular weight excluding hydrogens is 216 g/mol. The molecule has 1 aliphatic rings. The van der Waals surface area contributed by atoms with Crippen LogP contribution in [0, 0.1) is 12.8 Å². The Labute approximate surface area is 102 Å². The summed E-state index contributed by atoms with van der Waals surface area (Å²) in [4.78, 5) is 12.4. The monoisotopic (exact) mass is 234 g/mol. The van der Waals surface area contributed by atoms with E-state index >= 15 is 0 Å². The van der Waals surface area contributed by atoms with E-state index in [-0.39, 0.29) is 17.8 Å². The van der Waals surface area contributed by atoms with Gasteiger partial charge in [0.25, 0.3) is 0 Å². The molecule has 0 bridgehead atoms. The number of hydrogen-bond acceptors (Lipinski definition) is 3. The molecule has 1 saturated heterocycles. The van der Waals surface area contributed by atoms with Crippen LogP contribution in [-0.4, -0.2) is 25.6 Å². The Morgan fingerprint density at radius 2 is 2.24 bits per heavy atom. The van der Waals surface area contributed by atoms with E-state index in [0.29, 0.717) is 17.9 Å². The average molecular weight is 234 g/mol. The van der Waals surface area contributed by atoms with Gasteiger partial charge in [-0.05, 0) is 32.4 Å². The predicted molar refractivity (Wildman–Crippen MR) is 65.6 cm³/mol. The van der Waals surface area contributed by atoms with E-state index in [2.05, 4.69) is 0 Å². The number of Topliss-reactive ketones (excluding diaryl/α,β-unsaturated/α-hetero) is 1. The van der Waals surface area contributed by atoms with Crippen molar-refractivity contribution in [3.05, 3.63) is 29.3 Å². The second-order valence-corrected chi connectivity index (χ2v) is 4.64. The van der Waals surface area contributed by atoms with Crippen LogP contribution in [0.4, 0.5) is 0 Å². The van der Waals surface area contributed by atoms with Crippen LogP contribution in [0.5, 0.6) is 5.75 Å². The maximum atomic E-state index is 12.4. The summed E-state index contributed by atoms with van der Waals surface area (Å²) in [6.07, 6.45) is 0.982. The SMILES string of the molecule is COc1ccc(C)cc1C(=O)C1COC(C)C1. The van der Waals surface area contributed by atoms with Crippen LogP contribution >= 0.6 is 0 Å². The molecule has 92 valence electrons. The fourth-order valence-corrected chi connectivity index (χ4v) is 2.23. The van der Waals surface area contributed by atoms with E-state index in [9.17, 15) is 4.79 Å².